The molecule has 72 valence electrons. The summed E-state index contributed by atoms with van der Waals surface area (Å²) >= 11 is 1.48. The molecule has 0 unspecified atom stereocenters. The SMILES string of the molecule is Cc1nc(NC(=O)CCN)sc1C. The van der Waals surface area contributed by atoms with Gasteiger partial charge in [-0.15, -0.1) is 11.3 Å². The van der Waals surface area contributed by atoms with Crippen molar-refractivity contribution in [1.29, 1.82) is 0 Å². The van der Waals surface area contributed by atoms with E-state index < -0.39 is 0 Å². The highest BCUT2D eigenvalue weighted by molar-refractivity contribution is 7.15. The van der Waals surface area contributed by atoms with Crippen LogP contribution >= 0.6 is 11.3 Å². The molecule has 3 N–H and O–H groups in total. The zero-order chi connectivity index (χ0) is 9.84. The highest BCUT2D eigenvalue weighted by Crippen LogP contribution is 2.20. The van der Waals surface area contributed by atoms with Gasteiger partial charge in [0.1, 0.15) is 0 Å². The van der Waals surface area contributed by atoms with Gasteiger partial charge in [-0.1, -0.05) is 0 Å². The Kier molecular flexibility index (Phi) is 3.39. The molecule has 0 bridgehead atoms. The summed E-state index contributed by atoms with van der Waals surface area (Å²) in [6.45, 7) is 4.27. The molecule has 0 aromatic carbocycles. The van der Waals surface area contributed by atoms with Crippen molar-refractivity contribution < 1.29 is 4.79 Å². The van der Waals surface area contributed by atoms with E-state index in [9.17, 15) is 4.79 Å². The summed E-state index contributed by atoms with van der Waals surface area (Å²) < 4.78 is 0. The molecule has 1 heterocycles. The van der Waals surface area contributed by atoms with E-state index in [1.54, 1.807) is 0 Å². The van der Waals surface area contributed by atoms with Crippen LogP contribution in [0.2, 0.25) is 0 Å². The van der Waals surface area contributed by atoms with Crippen molar-refractivity contribution in [2.24, 2.45) is 5.73 Å². The zero-order valence-corrected chi connectivity index (χ0v) is 8.57. The third kappa shape index (κ3) is 2.78. The molecule has 1 rings (SSSR count). The maximum Gasteiger partial charge on any atom is 0.227 e. The Hall–Kier alpha value is -0.940. The molecule has 0 saturated carbocycles. The number of rotatable bonds is 3. The normalized spacial score (nSPS) is 10.1. The fraction of sp³-hybridized carbons (Fsp3) is 0.500. The van der Waals surface area contributed by atoms with Gasteiger partial charge in [0.15, 0.2) is 5.13 Å². The molecule has 1 amide bonds. The van der Waals surface area contributed by atoms with Gasteiger partial charge < -0.3 is 11.1 Å². The van der Waals surface area contributed by atoms with Crippen LogP contribution in [0.4, 0.5) is 5.13 Å². The van der Waals surface area contributed by atoms with Crippen LogP contribution in [-0.4, -0.2) is 17.4 Å². The number of hydrogen-bond acceptors (Lipinski definition) is 4. The van der Waals surface area contributed by atoms with Crippen molar-refractivity contribution >= 4 is 22.4 Å². The molecule has 0 spiro atoms. The van der Waals surface area contributed by atoms with E-state index in [2.05, 4.69) is 10.3 Å². The van der Waals surface area contributed by atoms with Crippen molar-refractivity contribution in [2.45, 2.75) is 20.3 Å². The van der Waals surface area contributed by atoms with Gasteiger partial charge in [0.25, 0.3) is 0 Å². The number of anilines is 1. The van der Waals surface area contributed by atoms with E-state index in [4.69, 9.17) is 5.73 Å². The molecule has 0 saturated heterocycles. The first-order valence-corrected chi connectivity index (χ1v) is 4.89. The summed E-state index contributed by atoms with van der Waals surface area (Å²) in [5.74, 6) is -0.0729. The van der Waals surface area contributed by atoms with E-state index in [0.29, 0.717) is 18.1 Å². The molecule has 0 aliphatic heterocycles. The number of aromatic nitrogens is 1. The van der Waals surface area contributed by atoms with Gasteiger partial charge in [-0.3, -0.25) is 4.79 Å². The van der Waals surface area contributed by atoms with Gasteiger partial charge >= 0.3 is 0 Å². The molecule has 0 atom stereocenters. The standard InChI is InChI=1S/C8H13N3OS/c1-5-6(2)13-8(10-5)11-7(12)3-4-9/h3-4,9H2,1-2H3,(H,10,11,12). The lowest BCUT2D eigenvalue weighted by atomic mass is 10.4. The average Bonchev–Trinajstić information content (AvgIpc) is 2.31. The summed E-state index contributed by atoms with van der Waals surface area (Å²) in [5.41, 5.74) is 6.21. The highest BCUT2D eigenvalue weighted by atomic mass is 32.1. The van der Waals surface area contributed by atoms with Crippen LogP contribution < -0.4 is 11.1 Å². The van der Waals surface area contributed by atoms with E-state index in [1.165, 1.54) is 11.3 Å². The summed E-state index contributed by atoms with van der Waals surface area (Å²) in [6.07, 6.45) is 0.345. The predicted octanol–water partition coefficient (Wildman–Crippen LogP) is 1.05. The van der Waals surface area contributed by atoms with Gasteiger partial charge in [0.2, 0.25) is 5.91 Å². The largest absolute Gasteiger partial charge is 0.330 e. The smallest absolute Gasteiger partial charge is 0.227 e. The van der Waals surface area contributed by atoms with Crippen molar-refractivity contribution in [2.75, 3.05) is 11.9 Å². The topological polar surface area (TPSA) is 68.0 Å². The molecule has 13 heavy (non-hydrogen) atoms. The number of aryl methyl sites for hydroxylation is 2. The van der Waals surface area contributed by atoms with Crippen LogP contribution in [0.3, 0.4) is 0 Å². The van der Waals surface area contributed by atoms with Crippen molar-refractivity contribution in [1.82, 2.24) is 4.98 Å². The van der Waals surface area contributed by atoms with Crippen molar-refractivity contribution in [3.63, 3.8) is 0 Å². The number of nitrogens with one attached hydrogen (secondary N) is 1. The van der Waals surface area contributed by atoms with Gasteiger partial charge in [-0.2, -0.15) is 0 Å². The quantitative estimate of drug-likeness (QED) is 0.764. The van der Waals surface area contributed by atoms with Crippen molar-refractivity contribution in [3.8, 4) is 0 Å². The first-order valence-electron chi connectivity index (χ1n) is 4.07. The second-order valence-electron chi connectivity index (χ2n) is 2.75. The van der Waals surface area contributed by atoms with Crippen LogP contribution in [0.15, 0.2) is 0 Å². The Morgan fingerprint density at radius 3 is 2.77 bits per heavy atom. The van der Waals surface area contributed by atoms with E-state index in [0.717, 1.165) is 10.6 Å². The van der Waals surface area contributed by atoms with Crippen molar-refractivity contribution in [3.05, 3.63) is 10.6 Å². The van der Waals surface area contributed by atoms with Gasteiger partial charge in [-0.25, -0.2) is 4.98 Å². The summed E-state index contributed by atoms with van der Waals surface area (Å²) in [6, 6.07) is 0. The number of hydrogen-bond donors (Lipinski definition) is 2. The predicted molar refractivity (Wildman–Crippen MR) is 53.9 cm³/mol. The lowest BCUT2D eigenvalue weighted by molar-refractivity contribution is -0.116. The number of thiazole rings is 1. The molecular formula is C8H13N3OS. The van der Waals surface area contributed by atoms with E-state index in [-0.39, 0.29) is 5.91 Å². The molecule has 1 aromatic rings. The fourth-order valence-corrected chi connectivity index (χ4v) is 1.67. The molecular weight excluding hydrogens is 186 g/mol. The lowest BCUT2D eigenvalue weighted by Gasteiger charge is -1.97. The first-order chi connectivity index (χ1) is 6.13. The minimum absolute atomic E-state index is 0.0729. The Morgan fingerprint density at radius 2 is 2.31 bits per heavy atom. The maximum atomic E-state index is 11.1. The fourth-order valence-electron chi connectivity index (χ4n) is 0.839. The van der Waals surface area contributed by atoms with Crippen LogP contribution in [0.1, 0.15) is 17.0 Å². The van der Waals surface area contributed by atoms with Crippen LogP contribution in [0.25, 0.3) is 0 Å². The third-order valence-corrected chi connectivity index (χ3v) is 2.63. The second-order valence-corrected chi connectivity index (χ2v) is 3.95. The van der Waals surface area contributed by atoms with E-state index in [1.807, 2.05) is 13.8 Å². The maximum absolute atomic E-state index is 11.1. The van der Waals surface area contributed by atoms with Crippen LogP contribution in [0, 0.1) is 13.8 Å². The Morgan fingerprint density at radius 1 is 1.62 bits per heavy atom. The molecule has 4 nitrogen and oxygen atoms in total. The molecule has 0 aliphatic rings. The molecule has 5 heteroatoms. The second kappa shape index (κ2) is 4.34. The first kappa shape index (κ1) is 10.1. The molecule has 0 fully saturated rings. The Balaban J connectivity index is 2.59. The van der Waals surface area contributed by atoms with Gasteiger partial charge in [-0.05, 0) is 13.8 Å². The number of nitrogens with two attached hydrogens (primary N) is 1. The van der Waals surface area contributed by atoms with Gasteiger partial charge in [0.05, 0.1) is 5.69 Å². The third-order valence-electron chi connectivity index (χ3n) is 1.65. The van der Waals surface area contributed by atoms with Gasteiger partial charge in [0, 0.05) is 17.8 Å². The number of amides is 1. The summed E-state index contributed by atoms with van der Waals surface area (Å²) in [4.78, 5) is 16.4. The average molecular weight is 199 g/mol. The minimum atomic E-state index is -0.0729. The molecule has 0 radical (unpaired) electrons. The number of carbonyl (C=O) groups excluding carboxylic acids is 1. The van der Waals surface area contributed by atoms with E-state index >= 15 is 0 Å². The van der Waals surface area contributed by atoms with Crippen LogP contribution in [0.5, 0.6) is 0 Å². The Labute approximate surface area is 81.2 Å². The lowest BCUT2D eigenvalue weighted by Crippen LogP contribution is -2.15. The number of carbonyl (C=O) groups is 1. The zero-order valence-electron chi connectivity index (χ0n) is 7.76. The monoisotopic (exact) mass is 199 g/mol. The Bertz CT molecular complexity index is 289. The summed E-state index contributed by atoms with van der Waals surface area (Å²) in [5, 5.41) is 3.35. The molecule has 0 aliphatic carbocycles. The highest BCUT2D eigenvalue weighted by Gasteiger charge is 2.06. The van der Waals surface area contributed by atoms with Crippen LogP contribution in [-0.2, 0) is 4.79 Å². The molecule has 1 aromatic heterocycles. The number of nitrogens with zero attached hydrogens (tertiary/aromatic N) is 1. The summed E-state index contributed by atoms with van der Waals surface area (Å²) in [7, 11) is 0. The minimum Gasteiger partial charge on any atom is -0.330 e.